The number of ether oxygens (including phenoxy) is 1. The molecule has 3 rings (SSSR count). The normalized spacial score (nSPS) is 17.7. The Morgan fingerprint density at radius 3 is 2.55 bits per heavy atom. The number of hydrogen-bond donors (Lipinski definition) is 2. The Balaban J connectivity index is 1.97. The molecule has 0 saturated carbocycles. The molecule has 112 valence electrons. The van der Waals surface area contributed by atoms with Crippen LogP contribution in [0.3, 0.4) is 0 Å². The molecule has 0 aliphatic carbocycles. The Morgan fingerprint density at radius 1 is 1.23 bits per heavy atom. The van der Waals surface area contributed by atoms with Crippen LogP contribution in [-0.2, 0) is 9.53 Å². The molecule has 0 amide bonds. The Kier molecular flexibility index (Phi) is 3.50. The summed E-state index contributed by atoms with van der Waals surface area (Å²) in [4.78, 5) is 15.6. The maximum atomic E-state index is 11.3. The van der Waals surface area contributed by atoms with Crippen molar-refractivity contribution in [1.82, 2.24) is 4.98 Å². The summed E-state index contributed by atoms with van der Waals surface area (Å²) in [6, 6.07) is 8.88. The maximum Gasteiger partial charge on any atom is 0.378 e. The van der Waals surface area contributed by atoms with Crippen molar-refractivity contribution in [2.75, 3.05) is 0 Å². The second-order valence-corrected chi connectivity index (χ2v) is 5.38. The maximum absolute atomic E-state index is 11.3. The Labute approximate surface area is 131 Å². The molecular weight excluding hydrogens is 306 g/mol. The Hall–Kier alpha value is -2.53. The summed E-state index contributed by atoms with van der Waals surface area (Å²) < 4.78 is 4.90. The van der Waals surface area contributed by atoms with Gasteiger partial charge in [0.05, 0.1) is 5.69 Å². The van der Waals surface area contributed by atoms with Crippen LogP contribution in [0.15, 0.2) is 48.0 Å². The first-order valence-corrected chi connectivity index (χ1v) is 6.90. The van der Waals surface area contributed by atoms with Gasteiger partial charge in [-0.3, -0.25) is 4.98 Å². The van der Waals surface area contributed by atoms with Crippen LogP contribution in [0.25, 0.3) is 11.3 Å². The minimum absolute atomic E-state index is 0.305. The van der Waals surface area contributed by atoms with E-state index in [9.17, 15) is 15.0 Å². The van der Waals surface area contributed by atoms with Gasteiger partial charge in [0, 0.05) is 22.3 Å². The molecule has 2 N–H and O–H groups in total. The van der Waals surface area contributed by atoms with E-state index in [2.05, 4.69) is 4.98 Å². The second kappa shape index (κ2) is 5.35. The largest absolute Gasteiger partial charge is 0.505 e. The standard InChI is InChI=1S/C16H12ClNO4/c1-8-2-5-12(18-7-8)9-3-4-10(11(17)6-9)15-13(19)14(20)16(21)22-15/h2-7,15,19-20H,1H3. The van der Waals surface area contributed by atoms with E-state index in [1.165, 1.54) is 0 Å². The number of nitrogens with zero attached hydrogens (tertiary/aromatic N) is 1. The predicted octanol–water partition coefficient (Wildman–Crippen LogP) is 3.64. The van der Waals surface area contributed by atoms with Crippen LogP contribution in [0.2, 0.25) is 5.02 Å². The quantitative estimate of drug-likeness (QED) is 0.827. The number of benzene rings is 1. The molecule has 2 aromatic rings. The molecule has 1 aliphatic rings. The summed E-state index contributed by atoms with van der Waals surface area (Å²) in [5.74, 6) is -2.29. The molecule has 6 heteroatoms. The van der Waals surface area contributed by atoms with Gasteiger partial charge in [-0.05, 0) is 24.6 Å². The first-order valence-electron chi connectivity index (χ1n) is 6.53. The summed E-state index contributed by atoms with van der Waals surface area (Å²) >= 11 is 6.22. The molecule has 1 aromatic heterocycles. The molecule has 0 bridgehead atoms. The first kappa shape index (κ1) is 14.4. The van der Waals surface area contributed by atoms with E-state index >= 15 is 0 Å². The van der Waals surface area contributed by atoms with E-state index in [-0.39, 0.29) is 0 Å². The molecule has 1 aliphatic heterocycles. The highest BCUT2D eigenvalue weighted by molar-refractivity contribution is 6.31. The molecule has 1 atom stereocenters. The highest BCUT2D eigenvalue weighted by Crippen LogP contribution is 2.37. The molecule has 5 nitrogen and oxygen atoms in total. The molecule has 1 unspecified atom stereocenters. The van der Waals surface area contributed by atoms with Crippen molar-refractivity contribution in [3.63, 3.8) is 0 Å². The monoisotopic (exact) mass is 317 g/mol. The molecule has 0 saturated heterocycles. The van der Waals surface area contributed by atoms with Crippen molar-refractivity contribution in [1.29, 1.82) is 0 Å². The lowest BCUT2D eigenvalue weighted by Gasteiger charge is -2.13. The Morgan fingerprint density at radius 2 is 2.00 bits per heavy atom. The molecule has 0 spiro atoms. The van der Waals surface area contributed by atoms with E-state index in [0.29, 0.717) is 10.6 Å². The molecular formula is C16H12ClNO4. The predicted molar refractivity (Wildman–Crippen MR) is 80.5 cm³/mol. The highest BCUT2D eigenvalue weighted by Gasteiger charge is 2.36. The number of aliphatic hydroxyl groups is 2. The van der Waals surface area contributed by atoms with Crippen molar-refractivity contribution < 1.29 is 19.7 Å². The van der Waals surface area contributed by atoms with Gasteiger partial charge in [0.2, 0.25) is 5.76 Å². The van der Waals surface area contributed by atoms with Crippen LogP contribution in [-0.4, -0.2) is 21.2 Å². The van der Waals surface area contributed by atoms with Crippen LogP contribution in [0.5, 0.6) is 0 Å². The fourth-order valence-corrected chi connectivity index (χ4v) is 2.48. The number of carbonyl (C=O) groups is 1. The van der Waals surface area contributed by atoms with Gasteiger partial charge in [-0.1, -0.05) is 29.8 Å². The molecule has 2 heterocycles. The average Bonchev–Trinajstić information content (AvgIpc) is 2.75. The van der Waals surface area contributed by atoms with Crippen LogP contribution in [0.1, 0.15) is 17.2 Å². The zero-order chi connectivity index (χ0) is 15.9. The fourth-order valence-electron chi connectivity index (χ4n) is 2.20. The SMILES string of the molecule is Cc1ccc(-c2ccc(C3OC(=O)C(O)=C3O)c(Cl)c2)nc1. The van der Waals surface area contributed by atoms with E-state index in [1.54, 1.807) is 24.4 Å². The number of hydrogen-bond acceptors (Lipinski definition) is 5. The van der Waals surface area contributed by atoms with Gasteiger partial charge in [-0.25, -0.2) is 4.79 Å². The number of aryl methyl sites for hydroxylation is 1. The van der Waals surface area contributed by atoms with Crippen molar-refractivity contribution >= 4 is 17.6 Å². The highest BCUT2D eigenvalue weighted by atomic mass is 35.5. The van der Waals surface area contributed by atoms with Gasteiger partial charge in [0.25, 0.3) is 0 Å². The summed E-state index contributed by atoms with van der Waals surface area (Å²) in [5.41, 5.74) is 3.00. The third-order valence-corrected chi connectivity index (χ3v) is 3.73. The van der Waals surface area contributed by atoms with Gasteiger partial charge in [-0.2, -0.15) is 0 Å². The second-order valence-electron chi connectivity index (χ2n) is 4.98. The fraction of sp³-hybridized carbons (Fsp3) is 0.125. The van der Waals surface area contributed by atoms with Crippen molar-refractivity contribution in [3.05, 3.63) is 64.2 Å². The van der Waals surface area contributed by atoms with Gasteiger partial charge in [0.15, 0.2) is 11.9 Å². The zero-order valence-electron chi connectivity index (χ0n) is 11.6. The summed E-state index contributed by atoms with van der Waals surface area (Å²) in [6.45, 7) is 1.95. The molecule has 1 aromatic carbocycles. The third kappa shape index (κ3) is 2.40. The third-order valence-electron chi connectivity index (χ3n) is 3.40. The topological polar surface area (TPSA) is 79.7 Å². The summed E-state index contributed by atoms with van der Waals surface area (Å²) in [5, 5.41) is 19.4. The number of carbonyl (C=O) groups excluding carboxylic acids is 1. The van der Waals surface area contributed by atoms with Gasteiger partial charge in [0.1, 0.15) is 0 Å². The van der Waals surface area contributed by atoms with Crippen molar-refractivity contribution in [3.8, 4) is 11.3 Å². The molecule has 0 radical (unpaired) electrons. The number of rotatable bonds is 2. The zero-order valence-corrected chi connectivity index (χ0v) is 12.3. The van der Waals surface area contributed by atoms with Crippen molar-refractivity contribution in [2.24, 2.45) is 0 Å². The number of pyridine rings is 1. The van der Waals surface area contributed by atoms with E-state index in [0.717, 1.165) is 16.8 Å². The lowest BCUT2D eigenvalue weighted by atomic mass is 10.0. The first-order chi connectivity index (χ1) is 10.5. The molecule has 22 heavy (non-hydrogen) atoms. The molecule has 0 fully saturated rings. The average molecular weight is 318 g/mol. The lowest BCUT2D eigenvalue weighted by molar-refractivity contribution is -0.142. The smallest absolute Gasteiger partial charge is 0.378 e. The minimum atomic E-state index is -1.08. The van der Waals surface area contributed by atoms with E-state index in [4.69, 9.17) is 16.3 Å². The summed E-state index contributed by atoms with van der Waals surface area (Å²) in [6.07, 6.45) is 0.669. The van der Waals surface area contributed by atoms with E-state index in [1.807, 2.05) is 19.1 Å². The van der Waals surface area contributed by atoms with Gasteiger partial charge >= 0.3 is 5.97 Å². The van der Waals surface area contributed by atoms with Gasteiger partial charge < -0.3 is 14.9 Å². The van der Waals surface area contributed by atoms with Gasteiger partial charge in [-0.15, -0.1) is 0 Å². The van der Waals surface area contributed by atoms with Crippen LogP contribution < -0.4 is 0 Å². The number of cyclic esters (lactones) is 1. The van der Waals surface area contributed by atoms with Crippen LogP contribution in [0, 0.1) is 6.92 Å². The number of aliphatic hydroxyl groups excluding tert-OH is 2. The van der Waals surface area contributed by atoms with E-state index < -0.39 is 23.6 Å². The number of halogens is 1. The Bertz CT molecular complexity index is 783. The van der Waals surface area contributed by atoms with Crippen molar-refractivity contribution in [2.45, 2.75) is 13.0 Å². The number of aromatic nitrogens is 1. The lowest BCUT2D eigenvalue weighted by Crippen LogP contribution is -2.04. The van der Waals surface area contributed by atoms with Crippen LogP contribution >= 0.6 is 11.6 Å². The minimum Gasteiger partial charge on any atom is -0.505 e. The summed E-state index contributed by atoms with van der Waals surface area (Å²) in [7, 11) is 0. The number of esters is 1. The van der Waals surface area contributed by atoms with Crippen LogP contribution in [0.4, 0.5) is 0 Å².